The summed E-state index contributed by atoms with van der Waals surface area (Å²) in [7, 11) is 0. The fourth-order valence-corrected chi connectivity index (χ4v) is 3.65. The third-order valence-electron chi connectivity index (χ3n) is 4.24. The van der Waals surface area contributed by atoms with Crippen LogP contribution in [0.2, 0.25) is 0 Å². The van der Waals surface area contributed by atoms with E-state index in [0.29, 0.717) is 0 Å². The van der Waals surface area contributed by atoms with Crippen LogP contribution in [0.3, 0.4) is 0 Å². The number of nitrogen functional groups attached to an aromatic ring is 1. The second kappa shape index (κ2) is 6.72. The summed E-state index contributed by atoms with van der Waals surface area (Å²) in [6, 6.07) is 16.2. The van der Waals surface area contributed by atoms with Gasteiger partial charge in [0.25, 0.3) is 0 Å². The van der Waals surface area contributed by atoms with Gasteiger partial charge in [-0.2, -0.15) is 0 Å². The van der Waals surface area contributed by atoms with E-state index in [2.05, 4.69) is 45.4 Å². The Balaban J connectivity index is 1.65. The molecule has 4 aromatic rings. The van der Waals surface area contributed by atoms with E-state index in [4.69, 9.17) is 5.73 Å². The number of hydrogen-bond donors (Lipinski definition) is 2. The lowest BCUT2D eigenvalue weighted by molar-refractivity contribution is 0.868. The number of thiazole rings is 1. The van der Waals surface area contributed by atoms with Gasteiger partial charge >= 0.3 is 0 Å². The molecule has 0 aliphatic carbocycles. The molecule has 1 unspecified atom stereocenters. The van der Waals surface area contributed by atoms with Crippen molar-refractivity contribution in [3.63, 3.8) is 0 Å². The number of aryl methyl sites for hydroxylation is 1. The van der Waals surface area contributed by atoms with Crippen LogP contribution in [0.5, 0.6) is 0 Å². The first-order chi connectivity index (χ1) is 12.6. The van der Waals surface area contributed by atoms with Crippen molar-refractivity contribution in [3.8, 4) is 11.3 Å². The van der Waals surface area contributed by atoms with Gasteiger partial charge in [-0.1, -0.05) is 18.2 Å². The molecule has 130 valence electrons. The Hall–Kier alpha value is -2.99. The van der Waals surface area contributed by atoms with Crippen molar-refractivity contribution < 1.29 is 0 Å². The maximum atomic E-state index is 5.89. The summed E-state index contributed by atoms with van der Waals surface area (Å²) in [5, 5.41) is 3.45. The molecule has 0 bridgehead atoms. The lowest BCUT2D eigenvalue weighted by Crippen LogP contribution is -2.09. The maximum Gasteiger partial charge on any atom is 0.130 e. The molecule has 0 saturated heterocycles. The van der Waals surface area contributed by atoms with Crippen LogP contribution in [0.4, 0.5) is 11.5 Å². The predicted molar refractivity (Wildman–Crippen MR) is 108 cm³/mol. The van der Waals surface area contributed by atoms with Gasteiger partial charge in [0.1, 0.15) is 11.6 Å². The van der Waals surface area contributed by atoms with E-state index in [0.717, 1.165) is 44.4 Å². The summed E-state index contributed by atoms with van der Waals surface area (Å²) in [5.74, 6) is 1.53. The summed E-state index contributed by atoms with van der Waals surface area (Å²) in [6.45, 7) is 4.00. The first-order valence-corrected chi connectivity index (χ1v) is 9.28. The Morgan fingerprint density at radius 2 is 1.96 bits per heavy atom. The predicted octanol–water partition coefficient (Wildman–Crippen LogP) is 4.82. The summed E-state index contributed by atoms with van der Waals surface area (Å²) >= 11 is 1.63. The zero-order valence-electron chi connectivity index (χ0n) is 14.6. The number of rotatable bonds is 4. The Bertz CT molecular complexity index is 1070. The van der Waals surface area contributed by atoms with Gasteiger partial charge < -0.3 is 11.1 Å². The molecule has 0 aliphatic rings. The molecule has 0 saturated carbocycles. The van der Waals surface area contributed by atoms with Crippen molar-refractivity contribution >= 4 is 33.1 Å². The van der Waals surface area contributed by atoms with Crippen LogP contribution >= 0.6 is 11.3 Å². The molecule has 4 rings (SSSR count). The van der Waals surface area contributed by atoms with Crippen molar-refractivity contribution in [2.45, 2.75) is 19.9 Å². The van der Waals surface area contributed by atoms with Gasteiger partial charge in [0.05, 0.1) is 27.5 Å². The smallest absolute Gasteiger partial charge is 0.130 e. The number of hydrogen-bond acceptors (Lipinski definition) is 6. The number of nitrogens with two attached hydrogens (primary N) is 1. The molecule has 5 nitrogen and oxygen atoms in total. The van der Waals surface area contributed by atoms with Crippen LogP contribution in [0.25, 0.3) is 21.5 Å². The van der Waals surface area contributed by atoms with E-state index in [1.165, 1.54) is 0 Å². The van der Waals surface area contributed by atoms with Crippen molar-refractivity contribution in [2.75, 3.05) is 11.1 Å². The molecule has 26 heavy (non-hydrogen) atoms. The van der Waals surface area contributed by atoms with E-state index in [9.17, 15) is 0 Å². The zero-order chi connectivity index (χ0) is 18.1. The van der Waals surface area contributed by atoms with E-state index in [1.54, 1.807) is 11.3 Å². The normalized spacial score (nSPS) is 12.2. The van der Waals surface area contributed by atoms with Gasteiger partial charge in [-0.05, 0) is 43.7 Å². The molecule has 6 heteroatoms. The Morgan fingerprint density at radius 3 is 2.81 bits per heavy atom. The molecule has 0 aliphatic heterocycles. The van der Waals surface area contributed by atoms with E-state index < -0.39 is 0 Å². The highest BCUT2D eigenvalue weighted by Gasteiger charge is 2.10. The molecular formula is C20H19N5S. The fraction of sp³-hybridized carbons (Fsp3) is 0.150. The summed E-state index contributed by atoms with van der Waals surface area (Å²) in [6.07, 6.45) is 0. The van der Waals surface area contributed by atoms with Crippen molar-refractivity contribution in [3.05, 3.63) is 65.4 Å². The van der Waals surface area contributed by atoms with Gasteiger partial charge in [0.2, 0.25) is 0 Å². The third-order valence-corrected chi connectivity index (χ3v) is 5.03. The molecule has 2 heterocycles. The van der Waals surface area contributed by atoms with Gasteiger partial charge in [0, 0.05) is 17.3 Å². The first-order valence-electron chi connectivity index (χ1n) is 8.40. The van der Waals surface area contributed by atoms with Crippen LogP contribution in [-0.4, -0.2) is 15.0 Å². The minimum Gasteiger partial charge on any atom is -0.399 e. The lowest BCUT2D eigenvalue weighted by Gasteiger charge is -2.16. The number of benzene rings is 2. The quantitative estimate of drug-likeness (QED) is 0.510. The van der Waals surface area contributed by atoms with Crippen LogP contribution < -0.4 is 11.1 Å². The number of anilines is 2. The summed E-state index contributed by atoms with van der Waals surface area (Å²) in [4.78, 5) is 13.5. The van der Waals surface area contributed by atoms with Crippen LogP contribution in [-0.2, 0) is 0 Å². The molecule has 0 amide bonds. The van der Waals surface area contributed by atoms with E-state index in [1.807, 2.05) is 42.8 Å². The maximum absolute atomic E-state index is 5.89. The van der Waals surface area contributed by atoms with Crippen LogP contribution in [0.1, 0.15) is 24.4 Å². The molecule has 0 radical (unpaired) electrons. The van der Waals surface area contributed by atoms with Gasteiger partial charge in [-0.15, -0.1) is 11.3 Å². The third kappa shape index (κ3) is 3.36. The topological polar surface area (TPSA) is 76.7 Å². The number of nitrogens with zero attached hydrogens (tertiary/aromatic N) is 3. The second-order valence-corrected chi connectivity index (χ2v) is 7.14. The summed E-state index contributed by atoms with van der Waals surface area (Å²) < 4.78 is 1.15. The van der Waals surface area contributed by atoms with E-state index >= 15 is 0 Å². The zero-order valence-corrected chi connectivity index (χ0v) is 15.4. The highest BCUT2D eigenvalue weighted by molar-refractivity contribution is 7.16. The molecule has 0 spiro atoms. The van der Waals surface area contributed by atoms with Crippen LogP contribution in [0, 0.1) is 6.92 Å². The first kappa shape index (κ1) is 16.5. The Labute approximate surface area is 156 Å². The van der Waals surface area contributed by atoms with E-state index in [-0.39, 0.29) is 6.04 Å². The summed E-state index contributed by atoms with van der Waals surface area (Å²) in [5.41, 5.74) is 12.6. The number of nitrogens with one attached hydrogen (secondary N) is 1. The molecule has 3 N–H and O–H groups in total. The Kier molecular flexibility index (Phi) is 4.26. The number of fused-ring (bicyclic) bond motifs is 1. The minimum absolute atomic E-state index is 0.0876. The van der Waals surface area contributed by atoms with Gasteiger partial charge in [-0.3, -0.25) is 0 Å². The van der Waals surface area contributed by atoms with Crippen molar-refractivity contribution in [1.29, 1.82) is 0 Å². The monoisotopic (exact) mass is 361 g/mol. The van der Waals surface area contributed by atoms with Crippen molar-refractivity contribution in [2.24, 2.45) is 0 Å². The number of aromatic nitrogens is 3. The molecule has 2 aromatic carbocycles. The molecule has 2 aromatic heterocycles. The average molecular weight is 361 g/mol. The standard InChI is InChI=1S/C20H19N5S/c1-12(14-4-3-5-16(21)8-14)23-20-10-18(24-13(2)25-20)15-6-7-17-19(9-15)26-11-22-17/h3-12H,21H2,1-2H3,(H,23,24,25). The average Bonchev–Trinajstić information content (AvgIpc) is 3.09. The lowest BCUT2D eigenvalue weighted by atomic mass is 10.1. The highest BCUT2D eigenvalue weighted by Crippen LogP contribution is 2.27. The second-order valence-electron chi connectivity index (χ2n) is 6.26. The molecule has 0 fully saturated rings. The molecule has 1 atom stereocenters. The molecular weight excluding hydrogens is 342 g/mol. The highest BCUT2D eigenvalue weighted by atomic mass is 32.1. The fourth-order valence-electron chi connectivity index (χ4n) is 2.94. The Morgan fingerprint density at radius 1 is 1.08 bits per heavy atom. The van der Waals surface area contributed by atoms with Crippen molar-refractivity contribution in [1.82, 2.24) is 15.0 Å². The SMILES string of the molecule is Cc1nc(NC(C)c2cccc(N)c2)cc(-c2ccc3ncsc3c2)n1. The van der Waals surface area contributed by atoms with Crippen LogP contribution in [0.15, 0.2) is 54.0 Å². The minimum atomic E-state index is 0.0876. The van der Waals surface area contributed by atoms with Gasteiger partial charge in [0.15, 0.2) is 0 Å². The largest absolute Gasteiger partial charge is 0.399 e. The van der Waals surface area contributed by atoms with Gasteiger partial charge in [-0.25, -0.2) is 15.0 Å².